The van der Waals surface area contributed by atoms with Gasteiger partial charge in [-0.1, -0.05) is 6.42 Å². The molecular weight excluding hydrogens is 148 g/mol. The summed E-state index contributed by atoms with van der Waals surface area (Å²) < 4.78 is 0. The highest BCUT2D eigenvalue weighted by atomic mass is 14.9. The Kier molecular flexibility index (Phi) is 2.66. The number of nitrogens with one attached hydrogen (secondary N) is 1. The fourth-order valence-corrected chi connectivity index (χ4v) is 2.07. The van der Waals surface area contributed by atoms with Gasteiger partial charge in [0.25, 0.3) is 0 Å². The molecule has 70 valence electrons. The van der Waals surface area contributed by atoms with Gasteiger partial charge in [-0.2, -0.15) is 0 Å². The van der Waals surface area contributed by atoms with Crippen LogP contribution in [-0.2, 0) is 0 Å². The van der Waals surface area contributed by atoms with Crippen LogP contribution < -0.4 is 11.1 Å². The topological polar surface area (TPSA) is 38.0 Å². The summed E-state index contributed by atoms with van der Waals surface area (Å²) in [7, 11) is 0. The zero-order valence-electron chi connectivity index (χ0n) is 7.76. The summed E-state index contributed by atoms with van der Waals surface area (Å²) in [6, 6.07) is 1.20. The van der Waals surface area contributed by atoms with Crippen molar-refractivity contribution in [2.75, 3.05) is 6.54 Å². The van der Waals surface area contributed by atoms with Crippen LogP contribution in [0.4, 0.5) is 0 Å². The van der Waals surface area contributed by atoms with Crippen LogP contribution in [0, 0.1) is 5.92 Å². The highest BCUT2D eigenvalue weighted by Crippen LogP contribution is 2.28. The molecule has 0 aromatic rings. The Hall–Kier alpha value is -0.0800. The van der Waals surface area contributed by atoms with Crippen LogP contribution in [0.3, 0.4) is 0 Å². The van der Waals surface area contributed by atoms with E-state index < -0.39 is 0 Å². The average molecular weight is 168 g/mol. The van der Waals surface area contributed by atoms with Gasteiger partial charge in [-0.15, -0.1) is 0 Å². The predicted molar refractivity (Wildman–Crippen MR) is 51.0 cm³/mol. The van der Waals surface area contributed by atoms with Gasteiger partial charge in [0.05, 0.1) is 0 Å². The van der Waals surface area contributed by atoms with E-state index in [0.717, 1.165) is 12.0 Å². The minimum Gasteiger partial charge on any atom is -0.328 e. The van der Waals surface area contributed by atoms with Gasteiger partial charge in [-0.3, -0.25) is 0 Å². The largest absolute Gasteiger partial charge is 0.328 e. The fraction of sp³-hybridized carbons (Fsp3) is 1.00. The number of hydrogen-bond donors (Lipinski definition) is 2. The van der Waals surface area contributed by atoms with Crippen LogP contribution in [0.1, 0.15) is 38.5 Å². The molecule has 2 atom stereocenters. The molecule has 0 aliphatic heterocycles. The van der Waals surface area contributed by atoms with E-state index in [2.05, 4.69) is 5.32 Å². The average Bonchev–Trinajstić information content (AvgIpc) is 2.84. The third-order valence-electron chi connectivity index (χ3n) is 3.11. The van der Waals surface area contributed by atoms with Crippen LogP contribution in [0.15, 0.2) is 0 Å². The molecule has 0 spiro atoms. The van der Waals surface area contributed by atoms with Crippen molar-refractivity contribution < 1.29 is 0 Å². The zero-order valence-corrected chi connectivity index (χ0v) is 7.76. The molecule has 2 heteroatoms. The quantitative estimate of drug-likeness (QED) is 0.665. The summed E-state index contributed by atoms with van der Waals surface area (Å²) in [5, 5.41) is 3.63. The number of nitrogens with two attached hydrogens (primary N) is 1. The smallest absolute Gasteiger partial charge is 0.00819 e. The number of hydrogen-bond acceptors (Lipinski definition) is 2. The monoisotopic (exact) mass is 168 g/mol. The van der Waals surface area contributed by atoms with E-state index in [1.165, 1.54) is 45.1 Å². The minimum absolute atomic E-state index is 0.468. The zero-order chi connectivity index (χ0) is 8.39. The SMILES string of the molecule is NC1CCCC(NCC2CC2)C1. The van der Waals surface area contributed by atoms with Crippen LogP contribution in [-0.4, -0.2) is 18.6 Å². The van der Waals surface area contributed by atoms with E-state index in [9.17, 15) is 0 Å². The molecule has 0 heterocycles. The first-order valence-corrected chi connectivity index (χ1v) is 5.33. The van der Waals surface area contributed by atoms with Gasteiger partial charge in [0, 0.05) is 12.1 Å². The molecule has 0 aromatic carbocycles. The van der Waals surface area contributed by atoms with E-state index in [-0.39, 0.29) is 0 Å². The first-order valence-electron chi connectivity index (χ1n) is 5.33. The normalized spacial score (nSPS) is 36.8. The Morgan fingerprint density at radius 3 is 2.67 bits per heavy atom. The van der Waals surface area contributed by atoms with Gasteiger partial charge in [0.15, 0.2) is 0 Å². The molecule has 12 heavy (non-hydrogen) atoms. The minimum atomic E-state index is 0.468. The van der Waals surface area contributed by atoms with Crippen LogP contribution in [0.25, 0.3) is 0 Å². The lowest BCUT2D eigenvalue weighted by molar-refractivity contribution is 0.336. The van der Waals surface area contributed by atoms with Gasteiger partial charge in [0.2, 0.25) is 0 Å². The predicted octanol–water partition coefficient (Wildman–Crippen LogP) is 1.26. The van der Waals surface area contributed by atoms with Crippen LogP contribution in [0.5, 0.6) is 0 Å². The first-order chi connectivity index (χ1) is 5.84. The van der Waals surface area contributed by atoms with Crippen molar-refractivity contribution in [1.29, 1.82) is 0 Å². The molecule has 2 fully saturated rings. The first kappa shape index (κ1) is 8.52. The molecule has 2 aliphatic carbocycles. The lowest BCUT2D eigenvalue weighted by atomic mass is 9.91. The fourth-order valence-electron chi connectivity index (χ4n) is 2.07. The molecule has 0 radical (unpaired) electrons. The van der Waals surface area contributed by atoms with Crippen LogP contribution >= 0.6 is 0 Å². The van der Waals surface area contributed by atoms with Crippen molar-refractivity contribution in [3.63, 3.8) is 0 Å². The van der Waals surface area contributed by atoms with Crippen molar-refractivity contribution in [2.24, 2.45) is 11.7 Å². The third-order valence-corrected chi connectivity index (χ3v) is 3.11. The second kappa shape index (κ2) is 3.75. The Labute approximate surface area is 74.9 Å². The van der Waals surface area contributed by atoms with Gasteiger partial charge < -0.3 is 11.1 Å². The molecule has 0 saturated heterocycles. The molecule has 2 aliphatic rings. The molecule has 2 nitrogen and oxygen atoms in total. The van der Waals surface area contributed by atoms with E-state index in [1.54, 1.807) is 0 Å². The van der Waals surface area contributed by atoms with Crippen LogP contribution in [0.2, 0.25) is 0 Å². The lowest BCUT2D eigenvalue weighted by Gasteiger charge is -2.27. The van der Waals surface area contributed by atoms with E-state index in [1.807, 2.05) is 0 Å². The van der Waals surface area contributed by atoms with E-state index in [4.69, 9.17) is 5.73 Å². The second-order valence-electron chi connectivity index (χ2n) is 4.48. The summed E-state index contributed by atoms with van der Waals surface area (Å²) in [6.45, 7) is 1.25. The Bertz CT molecular complexity index is 143. The summed E-state index contributed by atoms with van der Waals surface area (Å²) in [5.74, 6) is 1.00. The molecule has 2 unspecified atom stereocenters. The molecule has 0 amide bonds. The number of rotatable bonds is 3. The highest BCUT2D eigenvalue weighted by Gasteiger charge is 2.24. The maximum atomic E-state index is 5.91. The maximum Gasteiger partial charge on any atom is 0.00819 e. The summed E-state index contributed by atoms with van der Waals surface area (Å²) in [6.07, 6.45) is 8.01. The van der Waals surface area contributed by atoms with Gasteiger partial charge >= 0.3 is 0 Å². The maximum absolute atomic E-state index is 5.91. The summed E-state index contributed by atoms with van der Waals surface area (Å²) in [4.78, 5) is 0. The lowest BCUT2D eigenvalue weighted by Crippen LogP contribution is -2.40. The Morgan fingerprint density at radius 2 is 2.00 bits per heavy atom. The molecule has 3 N–H and O–H groups in total. The summed E-state index contributed by atoms with van der Waals surface area (Å²) in [5.41, 5.74) is 5.91. The molecule has 0 aromatic heterocycles. The molecule has 2 saturated carbocycles. The highest BCUT2D eigenvalue weighted by molar-refractivity contribution is 4.83. The van der Waals surface area contributed by atoms with Crippen molar-refractivity contribution in [3.8, 4) is 0 Å². The summed E-state index contributed by atoms with van der Waals surface area (Å²) >= 11 is 0. The van der Waals surface area contributed by atoms with Crippen molar-refractivity contribution >= 4 is 0 Å². The molecule has 0 bridgehead atoms. The van der Waals surface area contributed by atoms with Gasteiger partial charge in [-0.05, 0) is 44.6 Å². The molecule has 2 rings (SSSR count). The van der Waals surface area contributed by atoms with Crippen molar-refractivity contribution in [3.05, 3.63) is 0 Å². The second-order valence-corrected chi connectivity index (χ2v) is 4.48. The Balaban J connectivity index is 1.64. The van der Waals surface area contributed by atoms with Gasteiger partial charge in [-0.25, -0.2) is 0 Å². The van der Waals surface area contributed by atoms with E-state index in [0.29, 0.717) is 6.04 Å². The third kappa shape index (κ3) is 2.46. The Morgan fingerprint density at radius 1 is 1.17 bits per heavy atom. The van der Waals surface area contributed by atoms with E-state index >= 15 is 0 Å². The standard InChI is InChI=1S/C10H20N2/c11-9-2-1-3-10(6-9)12-7-8-4-5-8/h8-10,12H,1-7,11H2. The van der Waals surface area contributed by atoms with Crippen molar-refractivity contribution in [1.82, 2.24) is 5.32 Å². The van der Waals surface area contributed by atoms with Gasteiger partial charge in [0.1, 0.15) is 0 Å². The molecular formula is C10H20N2. The van der Waals surface area contributed by atoms with Crippen molar-refractivity contribution in [2.45, 2.75) is 50.6 Å².